The largest absolute Gasteiger partial charge is 0.399 e. The predicted octanol–water partition coefficient (Wildman–Crippen LogP) is 4.46. The van der Waals surface area contributed by atoms with Crippen molar-refractivity contribution >= 4 is 17.5 Å². The number of pyridine rings is 1. The summed E-state index contributed by atoms with van der Waals surface area (Å²) in [5.74, 6) is 0. The number of hydrogen-bond donors (Lipinski definition) is 1. The Balaban J connectivity index is 0.00000106. The van der Waals surface area contributed by atoms with Gasteiger partial charge in [0.25, 0.3) is 0 Å². The van der Waals surface area contributed by atoms with Crippen molar-refractivity contribution in [2.75, 3.05) is 12.8 Å². The zero-order chi connectivity index (χ0) is 15.7. The standard InChI is InChI=1S/C16H17N3.C2H6/c1-3-12(11-18-2)13-8-14(10-15(17)9-13)16-6-4-5-7-19-16;1-2/h3-11H,17H2,1-2H3;1-2H3/b12-3+,18-11?;. The van der Waals surface area contributed by atoms with Gasteiger partial charge in [0, 0.05) is 30.7 Å². The minimum atomic E-state index is 0.724. The third kappa shape index (κ3) is 4.56. The van der Waals surface area contributed by atoms with E-state index in [9.17, 15) is 0 Å². The summed E-state index contributed by atoms with van der Waals surface area (Å²) in [5.41, 5.74) is 10.7. The number of aromatic nitrogens is 1. The van der Waals surface area contributed by atoms with Crippen LogP contribution < -0.4 is 5.73 Å². The van der Waals surface area contributed by atoms with Gasteiger partial charge in [-0.25, -0.2) is 0 Å². The van der Waals surface area contributed by atoms with E-state index in [4.69, 9.17) is 5.73 Å². The molecule has 3 heteroatoms. The fourth-order valence-electron chi connectivity index (χ4n) is 1.95. The van der Waals surface area contributed by atoms with Crippen LogP contribution >= 0.6 is 0 Å². The van der Waals surface area contributed by atoms with Crippen LogP contribution in [-0.4, -0.2) is 18.2 Å². The van der Waals surface area contributed by atoms with Crippen molar-refractivity contribution in [2.24, 2.45) is 4.99 Å². The highest BCUT2D eigenvalue weighted by atomic mass is 14.7. The fourth-order valence-corrected chi connectivity index (χ4v) is 1.95. The maximum absolute atomic E-state index is 5.99. The Morgan fingerprint density at radius 3 is 2.52 bits per heavy atom. The van der Waals surface area contributed by atoms with Gasteiger partial charge in [0.1, 0.15) is 0 Å². The number of allylic oxidation sites excluding steroid dienone is 2. The van der Waals surface area contributed by atoms with E-state index < -0.39 is 0 Å². The molecule has 0 amide bonds. The first-order valence-electron chi connectivity index (χ1n) is 7.15. The second-order valence-corrected chi connectivity index (χ2v) is 4.19. The minimum Gasteiger partial charge on any atom is -0.399 e. The molecule has 0 spiro atoms. The van der Waals surface area contributed by atoms with Crippen LogP contribution in [0.15, 0.2) is 53.7 Å². The van der Waals surface area contributed by atoms with Crippen molar-refractivity contribution in [1.29, 1.82) is 0 Å². The number of nitrogen functional groups attached to an aromatic ring is 1. The van der Waals surface area contributed by atoms with Crippen LogP contribution in [0.25, 0.3) is 16.8 Å². The van der Waals surface area contributed by atoms with Crippen LogP contribution in [-0.2, 0) is 0 Å². The zero-order valence-electron chi connectivity index (χ0n) is 13.2. The monoisotopic (exact) mass is 281 g/mol. The third-order valence-corrected chi connectivity index (χ3v) is 2.83. The summed E-state index contributed by atoms with van der Waals surface area (Å²) < 4.78 is 0. The molecule has 0 saturated carbocycles. The van der Waals surface area contributed by atoms with Crippen LogP contribution in [0.5, 0.6) is 0 Å². The Morgan fingerprint density at radius 1 is 1.19 bits per heavy atom. The van der Waals surface area contributed by atoms with E-state index in [1.165, 1.54) is 0 Å². The van der Waals surface area contributed by atoms with E-state index in [-0.39, 0.29) is 0 Å². The maximum Gasteiger partial charge on any atom is 0.0702 e. The quantitative estimate of drug-likeness (QED) is 0.667. The molecule has 21 heavy (non-hydrogen) atoms. The molecule has 0 atom stereocenters. The summed E-state index contributed by atoms with van der Waals surface area (Å²) >= 11 is 0. The number of aliphatic imine (C=N–C) groups is 1. The number of anilines is 1. The van der Waals surface area contributed by atoms with Crippen molar-refractivity contribution in [2.45, 2.75) is 20.8 Å². The van der Waals surface area contributed by atoms with Crippen LogP contribution in [0.4, 0.5) is 5.69 Å². The second-order valence-electron chi connectivity index (χ2n) is 4.19. The molecule has 2 rings (SSSR count). The van der Waals surface area contributed by atoms with Crippen LogP contribution in [0.1, 0.15) is 26.3 Å². The number of nitrogens with two attached hydrogens (primary N) is 1. The van der Waals surface area contributed by atoms with E-state index in [2.05, 4.69) is 16.0 Å². The van der Waals surface area contributed by atoms with E-state index >= 15 is 0 Å². The SMILES string of the molecule is C/C=C(\C=NC)c1cc(N)cc(-c2ccccn2)c1.CC. The summed E-state index contributed by atoms with van der Waals surface area (Å²) in [5, 5.41) is 0. The maximum atomic E-state index is 5.99. The van der Waals surface area contributed by atoms with E-state index in [1.807, 2.05) is 63.4 Å². The second kappa shape index (κ2) is 8.69. The Kier molecular flexibility index (Phi) is 6.88. The van der Waals surface area contributed by atoms with Gasteiger partial charge in [0.05, 0.1) is 5.69 Å². The number of hydrogen-bond acceptors (Lipinski definition) is 3. The lowest BCUT2D eigenvalue weighted by Crippen LogP contribution is -1.93. The number of benzene rings is 1. The summed E-state index contributed by atoms with van der Waals surface area (Å²) in [6, 6.07) is 11.8. The summed E-state index contributed by atoms with van der Waals surface area (Å²) in [7, 11) is 1.76. The van der Waals surface area contributed by atoms with Gasteiger partial charge < -0.3 is 5.73 Å². The van der Waals surface area contributed by atoms with Gasteiger partial charge in [0.2, 0.25) is 0 Å². The van der Waals surface area contributed by atoms with Crippen molar-refractivity contribution in [3.05, 3.63) is 54.2 Å². The number of nitrogens with zero attached hydrogens (tertiary/aromatic N) is 2. The fraction of sp³-hybridized carbons (Fsp3) is 0.222. The number of rotatable bonds is 3. The van der Waals surface area contributed by atoms with E-state index in [1.54, 1.807) is 13.2 Å². The normalized spacial score (nSPS) is 11.1. The average Bonchev–Trinajstić information content (AvgIpc) is 2.54. The predicted molar refractivity (Wildman–Crippen MR) is 93.5 cm³/mol. The van der Waals surface area contributed by atoms with Crippen LogP contribution in [0.3, 0.4) is 0 Å². The highest BCUT2D eigenvalue weighted by Crippen LogP contribution is 2.25. The lowest BCUT2D eigenvalue weighted by atomic mass is 10.0. The molecule has 1 heterocycles. The van der Waals surface area contributed by atoms with Gasteiger partial charge in [-0.2, -0.15) is 0 Å². The molecule has 0 aliphatic heterocycles. The molecule has 0 fully saturated rings. The lowest BCUT2D eigenvalue weighted by molar-refractivity contribution is 1.32. The molecule has 0 radical (unpaired) electrons. The first-order chi connectivity index (χ1) is 10.2. The first-order valence-corrected chi connectivity index (χ1v) is 7.15. The van der Waals surface area contributed by atoms with Crippen molar-refractivity contribution < 1.29 is 0 Å². The third-order valence-electron chi connectivity index (χ3n) is 2.83. The van der Waals surface area contributed by atoms with Crippen molar-refractivity contribution in [3.63, 3.8) is 0 Å². The molecule has 3 nitrogen and oxygen atoms in total. The molecule has 0 unspecified atom stereocenters. The summed E-state index contributed by atoms with van der Waals surface area (Å²) in [6.45, 7) is 5.99. The van der Waals surface area contributed by atoms with Gasteiger partial charge in [-0.05, 0) is 48.4 Å². The smallest absolute Gasteiger partial charge is 0.0702 e. The molecule has 110 valence electrons. The highest BCUT2D eigenvalue weighted by Gasteiger charge is 2.05. The molecule has 2 N–H and O–H groups in total. The Labute approximate surface area is 127 Å². The van der Waals surface area contributed by atoms with Gasteiger partial charge in [-0.1, -0.05) is 26.0 Å². The topological polar surface area (TPSA) is 51.3 Å². The zero-order valence-corrected chi connectivity index (χ0v) is 13.2. The molecule has 2 aromatic rings. The molecule has 0 saturated heterocycles. The van der Waals surface area contributed by atoms with E-state index in [0.717, 1.165) is 28.1 Å². The van der Waals surface area contributed by atoms with Crippen molar-refractivity contribution in [3.8, 4) is 11.3 Å². The lowest BCUT2D eigenvalue weighted by Gasteiger charge is -2.07. The van der Waals surface area contributed by atoms with Gasteiger partial charge in [-0.15, -0.1) is 0 Å². The summed E-state index contributed by atoms with van der Waals surface area (Å²) in [4.78, 5) is 8.42. The van der Waals surface area contributed by atoms with E-state index in [0.29, 0.717) is 0 Å². The first kappa shape index (κ1) is 16.6. The van der Waals surface area contributed by atoms with Gasteiger partial charge in [-0.3, -0.25) is 9.98 Å². The van der Waals surface area contributed by atoms with Crippen LogP contribution in [0.2, 0.25) is 0 Å². The summed E-state index contributed by atoms with van der Waals surface area (Å²) in [6.07, 6.45) is 5.63. The van der Waals surface area contributed by atoms with Crippen LogP contribution in [0, 0.1) is 0 Å². The average molecular weight is 281 g/mol. The molecule has 0 bridgehead atoms. The molecular weight excluding hydrogens is 258 g/mol. The minimum absolute atomic E-state index is 0.724. The molecular formula is C18H23N3. The van der Waals surface area contributed by atoms with Gasteiger partial charge in [0.15, 0.2) is 0 Å². The molecule has 1 aromatic carbocycles. The molecule has 0 aliphatic rings. The van der Waals surface area contributed by atoms with Crippen molar-refractivity contribution in [1.82, 2.24) is 4.98 Å². The molecule has 1 aromatic heterocycles. The highest BCUT2D eigenvalue weighted by molar-refractivity contribution is 6.10. The molecule has 0 aliphatic carbocycles. The Morgan fingerprint density at radius 2 is 1.95 bits per heavy atom. The Bertz CT molecular complexity index is 614. The Hall–Kier alpha value is -2.42. The van der Waals surface area contributed by atoms with Gasteiger partial charge >= 0.3 is 0 Å².